The summed E-state index contributed by atoms with van der Waals surface area (Å²) in [6.07, 6.45) is 0. The molecule has 9 heavy (non-hydrogen) atoms. The van der Waals surface area contributed by atoms with Gasteiger partial charge in [-0.2, -0.15) is 0 Å². The highest BCUT2D eigenvalue weighted by molar-refractivity contribution is 5.79. The molecule has 0 aliphatic heterocycles. The Morgan fingerprint density at radius 2 is 2.22 bits per heavy atom. The molecular weight excluding hydrogens is 114 g/mol. The lowest BCUT2D eigenvalue weighted by Gasteiger charge is -2.13. The van der Waals surface area contributed by atoms with Crippen LogP contribution in [0.5, 0.6) is 0 Å². The first-order chi connectivity index (χ1) is 4.09. The van der Waals surface area contributed by atoms with Crippen molar-refractivity contribution in [2.24, 2.45) is 17.6 Å². The smallest absolute Gasteiger partial charge is 0.133 e. The summed E-state index contributed by atoms with van der Waals surface area (Å²) in [5.74, 6) is 0.199. The molecule has 0 rings (SSSR count). The van der Waals surface area contributed by atoms with Crippen LogP contribution < -0.4 is 5.73 Å². The summed E-state index contributed by atoms with van der Waals surface area (Å²) in [6.45, 7) is 7.69. The summed E-state index contributed by atoms with van der Waals surface area (Å²) >= 11 is 0. The fraction of sp³-hybridized carbons (Fsp3) is 0.714. The average molecular weight is 128 g/mol. The highest BCUT2D eigenvalue weighted by atomic mass is 16.1. The van der Waals surface area contributed by atoms with Gasteiger partial charge in [0.05, 0.1) is 0 Å². The quantitative estimate of drug-likeness (QED) is 0.605. The third-order valence-electron chi connectivity index (χ3n) is 1.58. The van der Waals surface area contributed by atoms with E-state index >= 15 is 0 Å². The van der Waals surface area contributed by atoms with Gasteiger partial charge in [0.2, 0.25) is 0 Å². The third-order valence-corrected chi connectivity index (χ3v) is 1.58. The second-order valence-electron chi connectivity index (χ2n) is 2.43. The van der Waals surface area contributed by atoms with Crippen molar-refractivity contribution in [1.82, 2.24) is 0 Å². The molecule has 0 saturated heterocycles. The van der Waals surface area contributed by atoms with Gasteiger partial charge in [0.15, 0.2) is 0 Å². The van der Waals surface area contributed by atoms with Crippen LogP contribution in [0, 0.1) is 18.8 Å². The molecule has 0 saturated carbocycles. The van der Waals surface area contributed by atoms with E-state index in [4.69, 9.17) is 5.73 Å². The van der Waals surface area contributed by atoms with Crippen LogP contribution in [0.25, 0.3) is 0 Å². The number of rotatable bonds is 3. The highest BCUT2D eigenvalue weighted by Gasteiger charge is 2.13. The molecule has 2 nitrogen and oxygen atoms in total. The van der Waals surface area contributed by atoms with Crippen LogP contribution >= 0.6 is 0 Å². The van der Waals surface area contributed by atoms with Crippen LogP contribution in [0.4, 0.5) is 0 Å². The van der Waals surface area contributed by atoms with Gasteiger partial charge < -0.3 is 5.73 Å². The molecule has 2 N–H and O–H groups in total. The van der Waals surface area contributed by atoms with Crippen molar-refractivity contribution in [3.05, 3.63) is 6.92 Å². The molecule has 0 aliphatic rings. The number of ketones is 1. The van der Waals surface area contributed by atoms with Crippen molar-refractivity contribution >= 4 is 5.78 Å². The molecule has 0 heterocycles. The van der Waals surface area contributed by atoms with E-state index in [-0.39, 0.29) is 17.6 Å². The van der Waals surface area contributed by atoms with Crippen LogP contribution in [0.2, 0.25) is 0 Å². The molecule has 2 heteroatoms. The first-order valence-electron chi connectivity index (χ1n) is 3.13. The predicted molar refractivity (Wildman–Crippen MR) is 37.7 cm³/mol. The van der Waals surface area contributed by atoms with Crippen LogP contribution in [-0.4, -0.2) is 12.3 Å². The van der Waals surface area contributed by atoms with Gasteiger partial charge in [0.25, 0.3) is 0 Å². The van der Waals surface area contributed by atoms with Gasteiger partial charge in [0.1, 0.15) is 5.78 Å². The molecule has 0 spiro atoms. The van der Waals surface area contributed by atoms with Crippen LogP contribution in [0.3, 0.4) is 0 Å². The topological polar surface area (TPSA) is 43.1 Å². The summed E-state index contributed by atoms with van der Waals surface area (Å²) < 4.78 is 0. The molecule has 2 unspecified atom stereocenters. The molecule has 1 radical (unpaired) electrons. The van der Waals surface area contributed by atoms with E-state index in [9.17, 15) is 4.79 Å². The monoisotopic (exact) mass is 128 g/mol. The Morgan fingerprint density at radius 1 is 1.78 bits per heavy atom. The summed E-state index contributed by atoms with van der Waals surface area (Å²) in [4.78, 5) is 10.6. The minimum atomic E-state index is -0.130. The zero-order valence-corrected chi connectivity index (χ0v) is 6.05. The standard InChI is InChI=1S/C7H14NO/c1-5(4-8)6(2)7(3)9/h5-6H,2,4,8H2,1,3H3. The Bertz CT molecular complexity index is 101. The van der Waals surface area contributed by atoms with Gasteiger partial charge in [-0.1, -0.05) is 6.92 Å². The second-order valence-corrected chi connectivity index (χ2v) is 2.43. The Morgan fingerprint density at radius 3 is 2.33 bits per heavy atom. The molecule has 0 aromatic heterocycles. The van der Waals surface area contributed by atoms with Gasteiger partial charge >= 0.3 is 0 Å². The maximum Gasteiger partial charge on any atom is 0.133 e. The Labute approximate surface area is 56.4 Å². The average Bonchev–Trinajstić information content (AvgIpc) is 1.84. The largest absolute Gasteiger partial charge is 0.330 e. The van der Waals surface area contributed by atoms with Crippen LogP contribution in [0.15, 0.2) is 0 Å². The lowest BCUT2D eigenvalue weighted by molar-refractivity contribution is -0.120. The molecule has 0 bridgehead atoms. The lowest BCUT2D eigenvalue weighted by Crippen LogP contribution is -2.23. The zero-order chi connectivity index (χ0) is 7.44. The molecule has 53 valence electrons. The van der Waals surface area contributed by atoms with E-state index in [0.717, 1.165) is 0 Å². The first-order valence-corrected chi connectivity index (χ1v) is 3.13. The minimum Gasteiger partial charge on any atom is -0.330 e. The molecule has 0 aromatic carbocycles. The van der Waals surface area contributed by atoms with E-state index in [2.05, 4.69) is 6.92 Å². The summed E-state index contributed by atoms with van der Waals surface area (Å²) in [7, 11) is 0. The van der Waals surface area contributed by atoms with E-state index in [1.807, 2.05) is 6.92 Å². The van der Waals surface area contributed by atoms with E-state index in [1.165, 1.54) is 0 Å². The first kappa shape index (κ1) is 8.63. The van der Waals surface area contributed by atoms with Crippen molar-refractivity contribution < 1.29 is 4.79 Å². The van der Waals surface area contributed by atoms with Gasteiger partial charge in [-0.3, -0.25) is 4.79 Å². The molecule has 0 aliphatic carbocycles. The van der Waals surface area contributed by atoms with Gasteiger partial charge in [0, 0.05) is 5.92 Å². The number of hydrogen-bond donors (Lipinski definition) is 1. The molecule has 2 atom stereocenters. The second kappa shape index (κ2) is 3.62. The maximum atomic E-state index is 10.6. The third kappa shape index (κ3) is 2.61. The number of hydrogen-bond acceptors (Lipinski definition) is 2. The maximum absolute atomic E-state index is 10.6. The zero-order valence-electron chi connectivity index (χ0n) is 6.05. The van der Waals surface area contributed by atoms with Crippen molar-refractivity contribution in [3.8, 4) is 0 Å². The molecule has 0 fully saturated rings. The number of carbonyl (C=O) groups is 1. The van der Waals surface area contributed by atoms with E-state index in [1.54, 1.807) is 6.92 Å². The lowest BCUT2D eigenvalue weighted by atomic mass is 9.93. The van der Waals surface area contributed by atoms with Gasteiger partial charge in [-0.25, -0.2) is 0 Å². The fourth-order valence-corrected chi connectivity index (χ4v) is 0.565. The van der Waals surface area contributed by atoms with Crippen molar-refractivity contribution in [1.29, 1.82) is 0 Å². The summed E-state index contributed by atoms with van der Waals surface area (Å²) in [6, 6.07) is 0. The van der Waals surface area contributed by atoms with Crippen LogP contribution in [-0.2, 0) is 4.79 Å². The number of nitrogens with two attached hydrogens (primary N) is 1. The summed E-state index contributed by atoms with van der Waals surface area (Å²) in [5.41, 5.74) is 5.32. The van der Waals surface area contributed by atoms with Crippen molar-refractivity contribution in [3.63, 3.8) is 0 Å². The molecule has 0 amide bonds. The van der Waals surface area contributed by atoms with E-state index < -0.39 is 0 Å². The normalized spacial score (nSPS) is 16.9. The van der Waals surface area contributed by atoms with Crippen molar-refractivity contribution in [2.45, 2.75) is 13.8 Å². The Kier molecular flexibility index (Phi) is 3.47. The Balaban J connectivity index is 3.72. The Hall–Kier alpha value is -0.370. The number of Topliss-reactive ketones (excluding diaryl/α,β-unsaturated/α-hetero) is 1. The SMILES string of the molecule is [CH2]C(C(C)=O)C(C)CN. The van der Waals surface area contributed by atoms with Crippen LogP contribution in [0.1, 0.15) is 13.8 Å². The minimum absolute atomic E-state index is 0.118. The highest BCUT2D eigenvalue weighted by Crippen LogP contribution is 2.08. The van der Waals surface area contributed by atoms with Gasteiger partial charge in [-0.15, -0.1) is 0 Å². The fourth-order valence-electron chi connectivity index (χ4n) is 0.565. The molecule has 0 aromatic rings. The van der Waals surface area contributed by atoms with Gasteiger partial charge in [-0.05, 0) is 26.3 Å². The van der Waals surface area contributed by atoms with Crippen molar-refractivity contribution in [2.75, 3.05) is 6.54 Å². The summed E-state index contributed by atoms with van der Waals surface area (Å²) in [5, 5.41) is 0. The molecular formula is C7H14NO. The number of carbonyl (C=O) groups excluding carboxylic acids is 1. The predicted octanol–water partition coefficient (Wildman–Crippen LogP) is 0.620. The van der Waals surface area contributed by atoms with E-state index in [0.29, 0.717) is 6.54 Å².